The number of benzene rings is 1. The number of likely N-dealkylation sites (tertiary alicyclic amines) is 1. The number of carbonyl (C=O) groups is 1. The van der Waals surface area contributed by atoms with Gasteiger partial charge in [0.1, 0.15) is 0 Å². The summed E-state index contributed by atoms with van der Waals surface area (Å²) >= 11 is 0. The molecule has 2 N–H and O–H groups in total. The Bertz CT molecular complexity index is 753. The van der Waals surface area contributed by atoms with Crippen molar-refractivity contribution in [1.29, 1.82) is 0 Å². The normalized spacial score (nSPS) is 19.8. The Morgan fingerprint density at radius 2 is 2.04 bits per heavy atom. The summed E-state index contributed by atoms with van der Waals surface area (Å²) in [5.41, 5.74) is 4.04. The Balaban J connectivity index is 1.50. The maximum atomic E-state index is 12.4. The minimum Gasteiger partial charge on any atom is -0.356 e. The van der Waals surface area contributed by atoms with Crippen LogP contribution >= 0.6 is 0 Å². The van der Waals surface area contributed by atoms with Gasteiger partial charge in [-0.3, -0.25) is 4.79 Å². The van der Waals surface area contributed by atoms with Gasteiger partial charge in [0, 0.05) is 24.2 Å². The van der Waals surface area contributed by atoms with Crippen molar-refractivity contribution >= 4 is 5.91 Å². The molecule has 1 aromatic carbocycles. The fourth-order valence-corrected chi connectivity index (χ4v) is 4.14. The predicted octanol–water partition coefficient (Wildman–Crippen LogP) is 2.00. The van der Waals surface area contributed by atoms with Gasteiger partial charge in [0.15, 0.2) is 0 Å². The predicted molar refractivity (Wildman–Crippen MR) is 108 cm³/mol. The first kappa shape index (κ1) is 19.6. The van der Waals surface area contributed by atoms with E-state index >= 15 is 0 Å². The molecule has 3 rings (SSSR count). The highest BCUT2D eigenvalue weighted by Crippen LogP contribution is 2.18. The molecule has 5 heteroatoms. The first-order valence-electron chi connectivity index (χ1n) is 10.3. The summed E-state index contributed by atoms with van der Waals surface area (Å²) in [6.07, 6.45) is 5.50. The lowest BCUT2D eigenvalue weighted by atomic mass is 10.0. The molecule has 0 aliphatic carbocycles. The molecule has 1 aromatic heterocycles. The quantitative estimate of drug-likeness (QED) is 0.734. The third-order valence-electron chi connectivity index (χ3n) is 5.86. The third kappa shape index (κ3) is 4.98. The number of para-hydroxylation sites is 1. The minimum atomic E-state index is 0.0931. The van der Waals surface area contributed by atoms with Crippen LogP contribution in [-0.2, 0) is 11.2 Å². The summed E-state index contributed by atoms with van der Waals surface area (Å²) in [7, 11) is 0. The monoisotopic (exact) mass is 369 g/mol. The molecule has 0 saturated carbocycles. The van der Waals surface area contributed by atoms with Gasteiger partial charge in [-0.1, -0.05) is 18.2 Å². The average molecular weight is 370 g/mol. The fourth-order valence-electron chi connectivity index (χ4n) is 4.14. The van der Waals surface area contributed by atoms with E-state index in [4.69, 9.17) is 0 Å². The Morgan fingerprint density at radius 3 is 2.78 bits per heavy atom. The molecule has 1 unspecified atom stereocenters. The summed E-state index contributed by atoms with van der Waals surface area (Å²) in [5, 5.41) is 7.73. The number of nitrogens with one attached hydrogen (secondary N) is 2. The number of aromatic nitrogens is 2. The first-order valence-corrected chi connectivity index (χ1v) is 10.3. The molecule has 27 heavy (non-hydrogen) atoms. The molecule has 2 heterocycles. The van der Waals surface area contributed by atoms with Gasteiger partial charge in [0.25, 0.3) is 0 Å². The van der Waals surface area contributed by atoms with Crippen molar-refractivity contribution in [1.82, 2.24) is 15.1 Å². The zero-order chi connectivity index (χ0) is 19.2. The largest absolute Gasteiger partial charge is 0.356 e. The molecular weight excluding hydrogens is 336 g/mol. The van der Waals surface area contributed by atoms with Crippen LogP contribution in [0.3, 0.4) is 0 Å². The van der Waals surface area contributed by atoms with E-state index in [1.54, 1.807) is 4.90 Å². The molecule has 1 aliphatic rings. The van der Waals surface area contributed by atoms with Gasteiger partial charge in [-0.25, -0.2) is 4.68 Å². The van der Waals surface area contributed by atoms with Crippen LogP contribution in [0.15, 0.2) is 30.3 Å². The zero-order valence-electron chi connectivity index (χ0n) is 16.9. The van der Waals surface area contributed by atoms with E-state index in [1.807, 2.05) is 48.9 Å². The van der Waals surface area contributed by atoms with E-state index in [2.05, 4.69) is 17.3 Å². The molecule has 1 amide bonds. The number of amides is 1. The van der Waals surface area contributed by atoms with Crippen molar-refractivity contribution in [3.8, 4) is 5.69 Å². The van der Waals surface area contributed by atoms with Crippen molar-refractivity contribution in [3.05, 3.63) is 47.3 Å². The van der Waals surface area contributed by atoms with Crippen LogP contribution in [0.1, 0.15) is 49.6 Å². The van der Waals surface area contributed by atoms with Crippen LogP contribution in [0, 0.1) is 13.8 Å². The number of carbonyl (C=O) groups excluding carboxylic acids is 1. The second-order valence-electron chi connectivity index (χ2n) is 7.83. The smallest absolute Gasteiger partial charge is 0.224 e. The van der Waals surface area contributed by atoms with E-state index in [0.717, 1.165) is 48.2 Å². The van der Waals surface area contributed by atoms with Gasteiger partial charge in [-0.05, 0) is 52.2 Å². The highest BCUT2D eigenvalue weighted by Gasteiger charge is 2.21. The Kier molecular flexibility index (Phi) is 6.67. The lowest BCUT2D eigenvalue weighted by Gasteiger charge is -2.30. The first-order chi connectivity index (χ1) is 13.1. The van der Waals surface area contributed by atoms with Crippen molar-refractivity contribution < 1.29 is 9.69 Å². The molecule has 1 saturated heterocycles. The zero-order valence-corrected chi connectivity index (χ0v) is 16.9. The fraction of sp³-hybridized carbons (Fsp3) is 0.545. The van der Waals surface area contributed by atoms with Crippen LogP contribution in [-0.4, -0.2) is 41.4 Å². The summed E-state index contributed by atoms with van der Waals surface area (Å²) in [6, 6.07) is 10.8. The van der Waals surface area contributed by atoms with Crippen molar-refractivity contribution in [2.24, 2.45) is 0 Å². The molecule has 1 fully saturated rings. The van der Waals surface area contributed by atoms with E-state index in [0.29, 0.717) is 6.42 Å². The number of aryl methyl sites for hydroxylation is 1. The average Bonchev–Trinajstić information content (AvgIpc) is 2.95. The summed E-state index contributed by atoms with van der Waals surface area (Å²) in [5.74, 6) is 0.0931. The third-order valence-corrected chi connectivity index (χ3v) is 5.86. The van der Waals surface area contributed by atoms with E-state index < -0.39 is 0 Å². The number of quaternary nitrogens is 1. The summed E-state index contributed by atoms with van der Waals surface area (Å²) in [6.45, 7) is 9.58. The molecule has 0 spiro atoms. The van der Waals surface area contributed by atoms with Crippen LogP contribution in [0.5, 0.6) is 0 Å². The molecule has 5 nitrogen and oxygen atoms in total. The number of rotatable bonds is 7. The summed E-state index contributed by atoms with van der Waals surface area (Å²) < 4.78 is 1.93. The molecular formula is C22H33N4O+. The summed E-state index contributed by atoms with van der Waals surface area (Å²) in [4.78, 5) is 14.1. The topological polar surface area (TPSA) is 51.4 Å². The van der Waals surface area contributed by atoms with Gasteiger partial charge >= 0.3 is 0 Å². The maximum Gasteiger partial charge on any atom is 0.224 e. The molecule has 146 valence electrons. The Morgan fingerprint density at radius 1 is 1.26 bits per heavy atom. The number of hydrogen-bond donors (Lipinski definition) is 2. The van der Waals surface area contributed by atoms with Crippen LogP contribution in [0.25, 0.3) is 5.69 Å². The molecule has 1 aliphatic heterocycles. The van der Waals surface area contributed by atoms with Crippen molar-refractivity contribution in [2.45, 2.75) is 58.9 Å². The SMILES string of the molecule is Cc1nn(-c2ccccc2)c(C)c1CC(=O)NCCC[NH+]1CCCC[C@H]1C. The lowest BCUT2D eigenvalue weighted by molar-refractivity contribution is -0.928. The highest BCUT2D eigenvalue weighted by atomic mass is 16.1. The second-order valence-corrected chi connectivity index (χ2v) is 7.83. The standard InChI is InChI=1S/C22H32N4O/c1-17-10-7-8-14-25(17)15-9-13-23-22(27)16-21-18(2)24-26(19(21)3)20-11-5-4-6-12-20/h4-6,11-12,17H,7-10,13-16H2,1-3H3,(H,23,27)/p+1/t17-/m1/s1. The molecule has 0 bridgehead atoms. The Labute approximate surface area is 162 Å². The van der Waals surface area contributed by atoms with E-state index in [-0.39, 0.29) is 5.91 Å². The minimum absolute atomic E-state index is 0.0931. The van der Waals surface area contributed by atoms with Gasteiger partial charge in [0.05, 0.1) is 36.9 Å². The van der Waals surface area contributed by atoms with Crippen molar-refractivity contribution in [3.63, 3.8) is 0 Å². The number of piperidine rings is 1. The van der Waals surface area contributed by atoms with Gasteiger partial charge in [0.2, 0.25) is 5.91 Å². The van der Waals surface area contributed by atoms with E-state index in [9.17, 15) is 4.79 Å². The van der Waals surface area contributed by atoms with Gasteiger partial charge in [-0.2, -0.15) is 5.10 Å². The van der Waals surface area contributed by atoms with Crippen LogP contribution in [0.2, 0.25) is 0 Å². The maximum absolute atomic E-state index is 12.4. The van der Waals surface area contributed by atoms with Gasteiger partial charge < -0.3 is 10.2 Å². The Hall–Kier alpha value is -2.14. The molecule has 2 atom stereocenters. The number of nitrogens with zero attached hydrogens (tertiary/aromatic N) is 2. The van der Waals surface area contributed by atoms with Gasteiger partial charge in [-0.15, -0.1) is 0 Å². The van der Waals surface area contributed by atoms with E-state index in [1.165, 1.54) is 25.8 Å². The van der Waals surface area contributed by atoms with Crippen LogP contribution in [0.4, 0.5) is 0 Å². The van der Waals surface area contributed by atoms with Crippen LogP contribution < -0.4 is 10.2 Å². The highest BCUT2D eigenvalue weighted by molar-refractivity contribution is 5.79. The second kappa shape index (κ2) is 9.18. The molecule has 2 aromatic rings. The number of hydrogen-bond acceptors (Lipinski definition) is 2. The lowest BCUT2D eigenvalue weighted by Crippen LogP contribution is -3.16. The molecule has 0 radical (unpaired) electrons. The van der Waals surface area contributed by atoms with Crippen molar-refractivity contribution in [2.75, 3.05) is 19.6 Å².